The molecule has 2 heterocycles. The van der Waals surface area contributed by atoms with Crippen LogP contribution < -0.4 is 5.32 Å². The summed E-state index contributed by atoms with van der Waals surface area (Å²) in [5, 5.41) is 20.4. The van der Waals surface area contributed by atoms with Gasteiger partial charge in [-0.3, -0.25) is 0 Å². The van der Waals surface area contributed by atoms with Gasteiger partial charge in [0.05, 0.1) is 12.6 Å². The molecule has 0 aliphatic heterocycles. The van der Waals surface area contributed by atoms with Gasteiger partial charge < -0.3 is 10.4 Å². The van der Waals surface area contributed by atoms with Gasteiger partial charge in [0.1, 0.15) is 12.1 Å². The molecule has 0 aliphatic rings. The van der Waals surface area contributed by atoms with Crippen LogP contribution in [-0.2, 0) is 6.54 Å². The van der Waals surface area contributed by atoms with E-state index in [2.05, 4.69) is 25.6 Å². The van der Waals surface area contributed by atoms with Crippen LogP contribution in [0.3, 0.4) is 0 Å². The molecule has 8 heteroatoms. The Morgan fingerprint density at radius 3 is 2.91 bits per heavy atom. The minimum absolute atomic E-state index is 0.232. The second kappa shape index (κ2) is 6.02. The SMILES string of the molecule is CC(O)CNc1ncnc2c1nnn2Cc1ccccc1F. The quantitative estimate of drug-likeness (QED) is 0.736. The Morgan fingerprint density at radius 1 is 1.32 bits per heavy atom. The highest BCUT2D eigenvalue weighted by atomic mass is 19.1. The first kappa shape index (κ1) is 14.3. The normalized spacial score (nSPS) is 12.5. The van der Waals surface area contributed by atoms with E-state index in [1.807, 2.05) is 0 Å². The summed E-state index contributed by atoms with van der Waals surface area (Å²) in [4.78, 5) is 8.25. The Morgan fingerprint density at radius 2 is 2.14 bits per heavy atom. The lowest BCUT2D eigenvalue weighted by molar-refractivity contribution is 0.208. The summed E-state index contributed by atoms with van der Waals surface area (Å²) in [7, 11) is 0. The zero-order valence-corrected chi connectivity index (χ0v) is 11.9. The molecular formula is C14H15FN6O. The average Bonchev–Trinajstić information content (AvgIpc) is 2.91. The molecule has 0 radical (unpaired) electrons. The number of halogens is 1. The van der Waals surface area contributed by atoms with Crippen molar-refractivity contribution in [1.29, 1.82) is 0 Å². The lowest BCUT2D eigenvalue weighted by Gasteiger charge is -2.07. The van der Waals surface area contributed by atoms with E-state index < -0.39 is 6.10 Å². The van der Waals surface area contributed by atoms with Gasteiger partial charge in [0.2, 0.25) is 0 Å². The Bertz CT molecular complexity index is 788. The lowest BCUT2D eigenvalue weighted by Crippen LogP contribution is -2.16. The van der Waals surface area contributed by atoms with E-state index in [4.69, 9.17) is 0 Å². The molecule has 0 amide bonds. The van der Waals surface area contributed by atoms with Gasteiger partial charge in [0.15, 0.2) is 17.0 Å². The van der Waals surface area contributed by atoms with E-state index in [1.165, 1.54) is 17.1 Å². The molecule has 0 fully saturated rings. The number of aromatic nitrogens is 5. The smallest absolute Gasteiger partial charge is 0.184 e. The van der Waals surface area contributed by atoms with Gasteiger partial charge in [-0.05, 0) is 13.0 Å². The number of aliphatic hydroxyl groups is 1. The second-order valence-electron chi connectivity index (χ2n) is 4.96. The van der Waals surface area contributed by atoms with E-state index >= 15 is 0 Å². The predicted octanol–water partition coefficient (Wildman–Crippen LogP) is 1.20. The largest absolute Gasteiger partial charge is 0.392 e. The highest BCUT2D eigenvalue weighted by Gasteiger charge is 2.13. The van der Waals surface area contributed by atoms with Gasteiger partial charge in [0, 0.05) is 12.1 Å². The molecule has 2 aromatic heterocycles. The molecule has 0 spiro atoms. The molecular weight excluding hydrogens is 287 g/mol. The van der Waals surface area contributed by atoms with Crippen molar-refractivity contribution < 1.29 is 9.50 Å². The molecule has 0 saturated carbocycles. The van der Waals surface area contributed by atoms with E-state index in [-0.39, 0.29) is 12.4 Å². The van der Waals surface area contributed by atoms with E-state index in [0.717, 1.165) is 0 Å². The zero-order valence-electron chi connectivity index (χ0n) is 11.9. The van der Waals surface area contributed by atoms with Crippen LogP contribution in [0, 0.1) is 5.82 Å². The minimum atomic E-state index is -0.515. The van der Waals surface area contributed by atoms with E-state index in [9.17, 15) is 9.50 Å². The number of nitrogens with zero attached hydrogens (tertiary/aromatic N) is 5. The minimum Gasteiger partial charge on any atom is -0.392 e. The maximum Gasteiger partial charge on any atom is 0.184 e. The molecule has 1 aromatic carbocycles. The van der Waals surface area contributed by atoms with Crippen molar-refractivity contribution >= 4 is 17.0 Å². The summed E-state index contributed by atoms with van der Waals surface area (Å²) in [6.45, 7) is 2.24. The Labute approximate surface area is 125 Å². The van der Waals surface area contributed by atoms with Gasteiger partial charge in [-0.1, -0.05) is 23.4 Å². The molecule has 1 atom stereocenters. The third-order valence-corrected chi connectivity index (χ3v) is 3.14. The number of rotatable bonds is 5. The predicted molar refractivity (Wildman–Crippen MR) is 78.8 cm³/mol. The van der Waals surface area contributed by atoms with Crippen LogP contribution in [0.2, 0.25) is 0 Å². The number of nitrogens with one attached hydrogen (secondary N) is 1. The van der Waals surface area contributed by atoms with Crippen LogP contribution in [0.25, 0.3) is 11.2 Å². The summed E-state index contributed by atoms with van der Waals surface area (Å²) in [5.41, 5.74) is 1.50. The van der Waals surface area contributed by atoms with Crippen molar-refractivity contribution in [3.8, 4) is 0 Å². The fraction of sp³-hybridized carbons (Fsp3) is 0.286. The topological polar surface area (TPSA) is 88.8 Å². The maximum atomic E-state index is 13.7. The molecule has 3 aromatic rings. The molecule has 0 saturated heterocycles. The van der Waals surface area contributed by atoms with Gasteiger partial charge in [-0.25, -0.2) is 19.0 Å². The first-order valence-electron chi connectivity index (χ1n) is 6.84. The number of anilines is 1. The van der Waals surface area contributed by atoms with Crippen molar-refractivity contribution in [2.45, 2.75) is 19.6 Å². The number of fused-ring (bicyclic) bond motifs is 1. The van der Waals surface area contributed by atoms with Crippen LogP contribution in [0.5, 0.6) is 0 Å². The van der Waals surface area contributed by atoms with Gasteiger partial charge >= 0.3 is 0 Å². The van der Waals surface area contributed by atoms with Gasteiger partial charge in [-0.15, -0.1) is 5.10 Å². The monoisotopic (exact) mass is 302 g/mol. The number of hydrogen-bond acceptors (Lipinski definition) is 6. The second-order valence-corrected chi connectivity index (χ2v) is 4.96. The van der Waals surface area contributed by atoms with Crippen molar-refractivity contribution in [2.24, 2.45) is 0 Å². The van der Waals surface area contributed by atoms with Crippen LogP contribution in [0.4, 0.5) is 10.2 Å². The summed E-state index contributed by atoms with van der Waals surface area (Å²) in [6.07, 6.45) is 0.868. The third-order valence-electron chi connectivity index (χ3n) is 3.14. The van der Waals surface area contributed by atoms with Crippen molar-refractivity contribution in [3.63, 3.8) is 0 Å². The molecule has 2 N–H and O–H groups in total. The van der Waals surface area contributed by atoms with Crippen LogP contribution >= 0.6 is 0 Å². The standard InChI is InChI=1S/C14H15FN6O/c1-9(22)6-16-13-12-14(18-8-17-13)21(20-19-12)7-10-4-2-3-5-11(10)15/h2-5,8-9,22H,6-7H2,1H3,(H,16,17,18). The molecule has 114 valence electrons. The third kappa shape index (κ3) is 2.86. The maximum absolute atomic E-state index is 13.7. The first-order valence-corrected chi connectivity index (χ1v) is 6.84. The van der Waals surface area contributed by atoms with E-state index in [0.29, 0.717) is 29.1 Å². The molecule has 1 unspecified atom stereocenters. The highest BCUT2D eigenvalue weighted by Crippen LogP contribution is 2.17. The Hall–Kier alpha value is -2.61. The van der Waals surface area contributed by atoms with Crippen LogP contribution in [0.15, 0.2) is 30.6 Å². The molecule has 3 rings (SSSR count). The van der Waals surface area contributed by atoms with Crippen molar-refractivity contribution in [2.75, 3.05) is 11.9 Å². The fourth-order valence-electron chi connectivity index (χ4n) is 2.06. The number of hydrogen-bond donors (Lipinski definition) is 2. The summed E-state index contributed by atoms with van der Waals surface area (Å²) < 4.78 is 15.3. The molecule has 7 nitrogen and oxygen atoms in total. The van der Waals surface area contributed by atoms with Crippen LogP contribution in [-0.4, -0.2) is 42.7 Å². The number of benzene rings is 1. The molecule has 0 bridgehead atoms. The summed E-state index contributed by atoms with van der Waals surface area (Å²) >= 11 is 0. The van der Waals surface area contributed by atoms with Gasteiger partial charge in [0.25, 0.3) is 0 Å². The zero-order chi connectivity index (χ0) is 15.5. The lowest BCUT2D eigenvalue weighted by atomic mass is 10.2. The highest BCUT2D eigenvalue weighted by molar-refractivity contribution is 5.81. The molecule has 22 heavy (non-hydrogen) atoms. The first-order chi connectivity index (χ1) is 10.6. The average molecular weight is 302 g/mol. The summed E-state index contributed by atoms with van der Waals surface area (Å²) in [6, 6.07) is 6.50. The molecule has 0 aliphatic carbocycles. The van der Waals surface area contributed by atoms with Gasteiger partial charge in [-0.2, -0.15) is 0 Å². The number of aliphatic hydroxyl groups excluding tert-OH is 1. The summed E-state index contributed by atoms with van der Waals surface area (Å²) in [5.74, 6) is 0.193. The fourth-order valence-corrected chi connectivity index (χ4v) is 2.06. The van der Waals surface area contributed by atoms with E-state index in [1.54, 1.807) is 25.1 Å². The Balaban J connectivity index is 1.92. The Kier molecular flexibility index (Phi) is 3.92. The van der Waals surface area contributed by atoms with Crippen LogP contribution in [0.1, 0.15) is 12.5 Å². The van der Waals surface area contributed by atoms with Crippen molar-refractivity contribution in [3.05, 3.63) is 42.0 Å². The van der Waals surface area contributed by atoms with Crippen molar-refractivity contribution in [1.82, 2.24) is 25.0 Å².